The van der Waals surface area contributed by atoms with Crippen molar-refractivity contribution in [1.29, 1.82) is 0 Å². The molecule has 1 atom stereocenters. The fourth-order valence-corrected chi connectivity index (χ4v) is 3.52. The van der Waals surface area contributed by atoms with Crippen LogP contribution in [0.1, 0.15) is 23.2 Å². The first-order valence-electron chi connectivity index (χ1n) is 9.03. The Morgan fingerprint density at radius 3 is 2.74 bits per heavy atom. The van der Waals surface area contributed by atoms with E-state index in [0.717, 1.165) is 23.7 Å². The maximum Gasteiger partial charge on any atom is 0.253 e. The number of H-pyrrole nitrogens is 1. The molecule has 2 aromatic carbocycles. The van der Waals surface area contributed by atoms with E-state index in [0.29, 0.717) is 24.3 Å². The Morgan fingerprint density at radius 2 is 1.93 bits per heavy atom. The zero-order valence-corrected chi connectivity index (χ0v) is 14.7. The Labute approximate surface area is 156 Å². The summed E-state index contributed by atoms with van der Waals surface area (Å²) in [7, 11) is 0. The summed E-state index contributed by atoms with van der Waals surface area (Å²) in [4.78, 5) is 30.3. The van der Waals surface area contributed by atoms with Gasteiger partial charge < -0.3 is 15.2 Å². The van der Waals surface area contributed by atoms with Crippen LogP contribution in [0.25, 0.3) is 10.9 Å². The molecule has 1 aliphatic rings. The van der Waals surface area contributed by atoms with E-state index in [1.54, 1.807) is 4.90 Å². The lowest BCUT2D eigenvalue weighted by molar-refractivity contribution is -0.121. The lowest BCUT2D eigenvalue weighted by atomic mass is 9.96. The number of hydrogen-bond donors (Lipinski definition) is 2. The summed E-state index contributed by atoms with van der Waals surface area (Å²) in [5, 5.41) is 3.87. The highest BCUT2D eigenvalue weighted by atomic mass is 19.1. The van der Waals surface area contributed by atoms with Gasteiger partial charge in [0.15, 0.2) is 0 Å². The summed E-state index contributed by atoms with van der Waals surface area (Å²) >= 11 is 0. The fourth-order valence-electron chi connectivity index (χ4n) is 3.52. The largest absolute Gasteiger partial charge is 0.361 e. The van der Waals surface area contributed by atoms with Crippen molar-refractivity contribution in [3.63, 3.8) is 0 Å². The van der Waals surface area contributed by atoms with Crippen LogP contribution in [0, 0.1) is 11.7 Å². The monoisotopic (exact) mass is 365 g/mol. The average molecular weight is 365 g/mol. The third-order valence-corrected chi connectivity index (χ3v) is 4.99. The number of likely N-dealkylation sites (tertiary alicyclic amines) is 1. The number of hydrogen-bond acceptors (Lipinski definition) is 2. The highest BCUT2D eigenvalue weighted by Gasteiger charge is 2.29. The molecule has 2 N–H and O–H groups in total. The van der Waals surface area contributed by atoms with Crippen LogP contribution < -0.4 is 5.32 Å². The van der Waals surface area contributed by atoms with E-state index in [4.69, 9.17) is 0 Å². The number of nitrogens with one attached hydrogen (secondary N) is 2. The first-order chi connectivity index (χ1) is 13.1. The van der Waals surface area contributed by atoms with Gasteiger partial charge in [-0.05, 0) is 60.7 Å². The number of anilines is 1. The molecule has 5 nitrogen and oxygen atoms in total. The van der Waals surface area contributed by atoms with E-state index in [-0.39, 0.29) is 23.5 Å². The molecule has 0 aliphatic carbocycles. The Bertz CT molecular complexity index is 981. The molecule has 1 saturated heterocycles. The van der Waals surface area contributed by atoms with Gasteiger partial charge in [-0.1, -0.05) is 6.07 Å². The van der Waals surface area contributed by atoms with Crippen molar-refractivity contribution in [2.45, 2.75) is 12.8 Å². The minimum absolute atomic E-state index is 0.0641. The smallest absolute Gasteiger partial charge is 0.253 e. The Hall–Kier alpha value is -3.15. The van der Waals surface area contributed by atoms with Crippen LogP contribution in [0.15, 0.2) is 54.7 Å². The minimum atomic E-state index is -0.346. The number of piperidine rings is 1. The molecule has 1 fully saturated rings. The molecule has 27 heavy (non-hydrogen) atoms. The summed E-state index contributed by atoms with van der Waals surface area (Å²) < 4.78 is 13.0. The molecule has 0 radical (unpaired) electrons. The molecule has 0 unspecified atom stereocenters. The normalized spacial score (nSPS) is 17.1. The molecule has 6 heteroatoms. The first kappa shape index (κ1) is 17.3. The molecule has 0 spiro atoms. The van der Waals surface area contributed by atoms with E-state index < -0.39 is 0 Å². The molecule has 138 valence electrons. The summed E-state index contributed by atoms with van der Waals surface area (Å²) in [6.07, 6.45) is 3.35. The van der Waals surface area contributed by atoms with Crippen molar-refractivity contribution < 1.29 is 14.0 Å². The molecular weight excluding hydrogens is 345 g/mol. The second-order valence-electron chi connectivity index (χ2n) is 6.87. The number of carbonyl (C=O) groups is 2. The van der Waals surface area contributed by atoms with Crippen molar-refractivity contribution in [1.82, 2.24) is 9.88 Å². The molecule has 0 bridgehead atoms. The number of aromatic nitrogens is 1. The standard InChI is InChI=1S/C21H20FN3O2/c22-17-5-7-18(8-6-17)24-20(26)16-2-1-11-25(13-16)21(27)15-4-3-14-9-10-23-19(14)12-15/h3-10,12,16,23H,1-2,11,13H2,(H,24,26)/t16-/m1/s1. The Kier molecular flexibility index (Phi) is 4.62. The summed E-state index contributed by atoms with van der Waals surface area (Å²) in [6, 6.07) is 13.2. The first-order valence-corrected chi connectivity index (χ1v) is 9.03. The number of benzene rings is 2. The molecule has 2 amide bonds. The molecule has 1 aromatic heterocycles. The maximum absolute atomic E-state index is 13.0. The Balaban J connectivity index is 1.44. The molecule has 4 rings (SSSR count). The summed E-state index contributed by atoms with van der Waals surface area (Å²) in [5.41, 5.74) is 2.09. The summed E-state index contributed by atoms with van der Waals surface area (Å²) in [6.45, 7) is 1.02. The van der Waals surface area contributed by atoms with Crippen LogP contribution in [0.4, 0.5) is 10.1 Å². The predicted molar refractivity (Wildman–Crippen MR) is 102 cm³/mol. The number of aromatic amines is 1. The maximum atomic E-state index is 13.0. The van der Waals surface area contributed by atoms with E-state index >= 15 is 0 Å². The van der Waals surface area contributed by atoms with E-state index in [9.17, 15) is 14.0 Å². The van der Waals surface area contributed by atoms with Crippen molar-refractivity contribution in [3.8, 4) is 0 Å². The van der Waals surface area contributed by atoms with E-state index in [2.05, 4.69) is 10.3 Å². The van der Waals surface area contributed by atoms with Crippen molar-refractivity contribution in [3.05, 3.63) is 66.1 Å². The van der Waals surface area contributed by atoms with Crippen molar-refractivity contribution >= 4 is 28.4 Å². The molecule has 1 aliphatic heterocycles. The van der Waals surface area contributed by atoms with Gasteiger partial charge in [0.05, 0.1) is 5.92 Å². The van der Waals surface area contributed by atoms with Crippen molar-refractivity contribution in [2.24, 2.45) is 5.92 Å². The lowest BCUT2D eigenvalue weighted by Crippen LogP contribution is -2.43. The van der Waals surface area contributed by atoms with Gasteiger partial charge in [0.2, 0.25) is 5.91 Å². The van der Waals surface area contributed by atoms with Gasteiger partial charge in [-0.2, -0.15) is 0 Å². The SMILES string of the molecule is O=C(Nc1ccc(F)cc1)[C@@H]1CCCN(C(=O)c2ccc3cc[nH]c3c2)C1. The molecular formula is C21H20FN3O2. The number of fused-ring (bicyclic) bond motifs is 1. The minimum Gasteiger partial charge on any atom is -0.361 e. The number of nitrogens with zero attached hydrogens (tertiary/aromatic N) is 1. The second-order valence-corrected chi connectivity index (χ2v) is 6.87. The average Bonchev–Trinajstić information content (AvgIpc) is 3.17. The van der Waals surface area contributed by atoms with Crippen LogP contribution in [0.5, 0.6) is 0 Å². The second kappa shape index (κ2) is 7.23. The van der Waals surface area contributed by atoms with Gasteiger partial charge >= 0.3 is 0 Å². The van der Waals surface area contributed by atoms with Crippen LogP contribution >= 0.6 is 0 Å². The van der Waals surface area contributed by atoms with Gasteiger partial charge in [-0.15, -0.1) is 0 Å². The number of rotatable bonds is 3. The van der Waals surface area contributed by atoms with Crippen molar-refractivity contribution in [2.75, 3.05) is 18.4 Å². The highest BCUT2D eigenvalue weighted by Crippen LogP contribution is 2.22. The Morgan fingerprint density at radius 1 is 1.11 bits per heavy atom. The lowest BCUT2D eigenvalue weighted by Gasteiger charge is -2.32. The van der Waals surface area contributed by atoms with Crippen LogP contribution in [-0.2, 0) is 4.79 Å². The summed E-state index contributed by atoms with van der Waals surface area (Å²) in [5.74, 6) is -0.826. The quantitative estimate of drug-likeness (QED) is 0.741. The van der Waals surface area contributed by atoms with Crippen LogP contribution in [-0.4, -0.2) is 34.8 Å². The van der Waals surface area contributed by atoms with Crippen LogP contribution in [0.2, 0.25) is 0 Å². The van der Waals surface area contributed by atoms with E-state index in [1.165, 1.54) is 24.3 Å². The zero-order valence-electron chi connectivity index (χ0n) is 14.7. The predicted octanol–water partition coefficient (Wildman–Crippen LogP) is 3.80. The van der Waals surface area contributed by atoms with Gasteiger partial charge in [-0.25, -0.2) is 4.39 Å². The molecule has 3 aromatic rings. The topological polar surface area (TPSA) is 65.2 Å². The van der Waals surface area contributed by atoms with E-state index in [1.807, 2.05) is 30.5 Å². The highest BCUT2D eigenvalue weighted by molar-refractivity contribution is 5.99. The third kappa shape index (κ3) is 3.69. The molecule has 0 saturated carbocycles. The number of carbonyl (C=O) groups excluding carboxylic acids is 2. The fraction of sp³-hybridized carbons (Fsp3) is 0.238. The van der Waals surface area contributed by atoms with Gasteiger partial charge in [0, 0.05) is 36.1 Å². The van der Waals surface area contributed by atoms with Crippen LogP contribution in [0.3, 0.4) is 0 Å². The zero-order chi connectivity index (χ0) is 18.8. The van der Waals surface area contributed by atoms with Gasteiger partial charge in [-0.3, -0.25) is 9.59 Å². The molecule has 2 heterocycles. The van der Waals surface area contributed by atoms with Gasteiger partial charge in [0.1, 0.15) is 5.82 Å². The van der Waals surface area contributed by atoms with Gasteiger partial charge in [0.25, 0.3) is 5.91 Å². The number of halogens is 1. The third-order valence-electron chi connectivity index (χ3n) is 4.99. The number of amides is 2.